The van der Waals surface area contributed by atoms with Crippen LogP contribution in [0.3, 0.4) is 0 Å². The number of carbonyl (C=O) groups is 1. The average molecular weight is 201 g/mol. The van der Waals surface area contributed by atoms with E-state index in [1.807, 2.05) is 4.90 Å². The molecule has 0 unspecified atom stereocenters. The van der Waals surface area contributed by atoms with Crippen LogP contribution >= 0.6 is 0 Å². The minimum absolute atomic E-state index is 0.147. The lowest BCUT2D eigenvalue weighted by molar-refractivity contribution is -0.139. The average Bonchev–Trinajstić information content (AvgIpc) is 2.64. The highest BCUT2D eigenvalue weighted by Crippen LogP contribution is 2.22. The standard InChI is InChI=1S/C10H19NO3/c1-14-7-6-11(8-10(12)13)9-4-2-3-5-9/h9H,2-8H2,1H3,(H,12,13). The van der Waals surface area contributed by atoms with Gasteiger partial charge in [-0.25, -0.2) is 0 Å². The van der Waals surface area contributed by atoms with Crippen LogP contribution in [0.5, 0.6) is 0 Å². The summed E-state index contributed by atoms with van der Waals surface area (Å²) in [5, 5.41) is 8.76. The molecule has 0 bridgehead atoms. The van der Waals surface area contributed by atoms with Crippen LogP contribution < -0.4 is 0 Å². The highest BCUT2D eigenvalue weighted by Gasteiger charge is 2.23. The van der Waals surface area contributed by atoms with Gasteiger partial charge in [0.25, 0.3) is 0 Å². The van der Waals surface area contributed by atoms with E-state index in [0.29, 0.717) is 12.6 Å². The van der Waals surface area contributed by atoms with Crippen LogP contribution in [0.1, 0.15) is 25.7 Å². The van der Waals surface area contributed by atoms with Crippen molar-refractivity contribution in [1.82, 2.24) is 4.90 Å². The third-order valence-electron chi connectivity index (χ3n) is 2.76. The van der Waals surface area contributed by atoms with Gasteiger partial charge in [0.2, 0.25) is 0 Å². The Morgan fingerprint density at radius 1 is 1.50 bits per heavy atom. The monoisotopic (exact) mass is 201 g/mol. The number of aliphatic carboxylic acids is 1. The largest absolute Gasteiger partial charge is 0.480 e. The summed E-state index contributed by atoms with van der Waals surface area (Å²) in [6.07, 6.45) is 4.73. The molecule has 0 spiro atoms. The summed E-state index contributed by atoms with van der Waals surface area (Å²) >= 11 is 0. The Morgan fingerprint density at radius 3 is 2.64 bits per heavy atom. The fourth-order valence-corrected chi connectivity index (χ4v) is 2.04. The fourth-order valence-electron chi connectivity index (χ4n) is 2.04. The van der Waals surface area contributed by atoms with Gasteiger partial charge >= 0.3 is 5.97 Å². The summed E-state index contributed by atoms with van der Waals surface area (Å²) in [5.74, 6) is -0.743. The SMILES string of the molecule is COCCN(CC(=O)O)C1CCCC1. The molecule has 1 saturated carbocycles. The van der Waals surface area contributed by atoms with Gasteiger partial charge in [-0.05, 0) is 12.8 Å². The van der Waals surface area contributed by atoms with E-state index < -0.39 is 5.97 Å². The summed E-state index contributed by atoms with van der Waals surface area (Å²) in [6.45, 7) is 1.49. The number of hydrogen-bond acceptors (Lipinski definition) is 3. The minimum atomic E-state index is -0.743. The molecule has 82 valence electrons. The van der Waals surface area contributed by atoms with E-state index in [0.717, 1.165) is 19.4 Å². The molecule has 4 heteroatoms. The van der Waals surface area contributed by atoms with Crippen molar-refractivity contribution < 1.29 is 14.6 Å². The number of methoxy groups -OCH3 is 1. The van der Waals surface area contributed by atoms with Gasteiger partial charge in [0.15, 0.2) is 0 Å². The Kier molecular flexibility index (Phi) is 4.90. The molecule has 0 aliphatic heterocycles. The molecule has 14 heavy (non-hydrogen) atoms. The smallest absolute Gasteiger partial charge is 0.317 e. The number of hydrogen-bond donors (Lipinski definition) is 1. The van der Waals surface area contributed by atoms with Crippen LogP contribution in [0.25, 0.3) is 0 Å². The number of carboxylic acids is 1. The number of ether oxygens (including phenoxy) is 1. The lowest BCUT2D eigenvalue weighted by Crippen LogP contribution is -2.39. The van der Waals surface area contributed by atoms with Crippen molar-refractivity contribution in [3.63, 3.8) is 0 Å². The van der Waals surface area contributed by atoms with Crippen LogP contribution in [-0.2, 0) is 9.53 Å². The summed E-state index contributed by atoms with van der Waals surface area (Å²) in [6, 6.07) is 0.459. The van der Waals surface area contributed by atoms with Crippen LogP contribution in [0.15, 0.2) is 0 Å². The van der Waals surface area contributed by atoms with Gasteiger partial charge in [-0.1, -0.05) is 12.8 Å². The third-order valence-corrected chi connectivity index (χ3v) is 2.76. The maximum Gasteiger partial charge on any atom is 0.317 e. The van der Waals surface area contributed by atoms with E-state index in [2.05, 4.69) is 0 Å². The summed E-state index contributed by atoms with van der Waals surface area (Å²) in [5.41, 5.74) is 0. The molecule has 4 nitrogen and oxygen atoms in total. The van der Waals surface area contributed by atoms with Crippen LogP contribution in [0, 0.1) is 0 Å². The molecule has 1 N–H and O–H groups in total. The predicted molar refractivity (Wildman–Crippen MR) is 53.3 cm³/mol. The number of nitrogens with zero attached hydrogens (tertiary/aromatic N) is 1. The zero-order chi connectivity index (χ0) is 10.4. The van der Waals surface area contributed by atoms with Crippen LogP contribution in [0.2, 0.25) is 0 Å². The highest BCUT2D eigenvalue weighted by molar-refractivity contribution is 5.69. The molecule has 1 aliphatic rings. The van der Waals surface area contributed by atoms with Gasteiger partial charge in [-0.2, -0.15) is 0 Å². The second-order valence-corrected chi connectivity index (χ2v) is 3.80. The predicted octanol–water partition coefficient (Wildman–Crippen LogP) is 0.962. The molecule has 0 heterocycles. The first-order valence-corrected chi connectivity index (χ1v) is 5.19. The zero-order valence-electron chi connectivity index (χ0n) is 8.74. The normalized spacial score (nSPS) is 17.9. The molecular formula is C10H19NO3. The molecule has 0 atom stereocenters. The van der Waals surface area contributed by atoms with E-state index >= 15 is 0 Å². The fraction of sp³-hybridized carbons (Fsp3) is 0.900. The minimum Gasteiger partial charge on any atom is -0.480 e. The maximum absolute atomic E-state index is 10.6. The number of rotatable bonds is 6. The van der Waals surface area contributed by atoms with Gasteiger partial charge in [-0.3, -0.25) is 9.69 Å². The molecule has 0 saturated heterocycles. The first-order valence-electron chi connectivity index (χ1n) is 5.19. The molecule has 0 aromatic rings. The van der Waals surface area contributed by atoms with E-state index in [9.17, 15) is 4.79 Å². The van der Waals surface area contributed by atoms with Gasteiger partial charge < -0.3 is 9.84 Å². The second-order valence-electron chi connectivity index (χ2n) is 3.80. The molecule has 0 radical (unpaired) electrons. The van der Waals surface area contributed by atoms with Gasteiger partial charge in [0, 0.05) is 19.7 Å². The Morgan fingerprint density at radius 2 is 2.14 bits per heavy atom. The lowest BCUT2D eigenvalue weighted by Gasteiger charge is -2.26. The van der Waals surface area contributed by atoms with Crippen molar-refractivity contribution in [3.8, 4) is 0 Å². The molecule has 0 aromatic heterocycles. The second kappa shape index (κ2) is 5.98. The van der Waals surface area contributed by atoms with E-state index in [1.165, 1.54) is 12.8 Å². The molecule has 0 aromatic carbocycles. The van der Waals surface area contributed by atoms with E-state index in [4.69, 9.17) is 9.84 Å². The Balaban J connectivity index is 2.37. The third kappa shape index (κ3) is 3.64. The van der Waals surface area contributed by atoms with Crippen LogP contribution in [-0.4, -0.2) is 48.8 Å². The molecule has 0 amide bonds. The van der Waals surface area contributed by atoms with Gasteiger partial charge in [-0.15, -0.1) is 0 Å². The molecular weight excluding hydrogens is 182 g/mol. The summed E-state index contributed by atoms with van der Waals surface area (Å²) in [4.78, 5) is 12.7. The summed E-state index contributed by atoms with van der Waals surface area (Å²) in [7, 11) is 1.65. The first kappa shape index (κ1) is 11.5. The Hall–Kier alpha value is -0.610. The number of carboxylic acid groups (broad SMARTS) is 1. The quantitative estimate of drug-likeness (QED) is 0.695. The maximum atomic E-state index is 10.6. The van der Waals surface area contributed by atoms with E-state index in [-0.39, 0.29) is 6.54 Å². The van der Waals surface area contributed by atoms with Crippen molar-refractivity contribution in [1.29, 1.82) is 0 Å². The van der Waals surface area contributed by atoms with Crippen molar-refractivity contribution in [2.24, 2.45) is 0 Å². The van der Waals surface area contributed by atoms with Gasteiger partial charge in [0.1, 0.15) is 0 Å². The van der Waals surface area contributed by atoms with Crippen LogP contribution in [0.4, 0.5) is 0 Å². The molecule has 1 aliphatic carbocycles. The molecule has 1 rings (SSSR count). The van der Waals surface area contributed by atoms with Crippen molar-refractivity contribution in [2.45, 2.75) is 31.7 Å². The Labute approximate surface area is 84.8 Å². The first-order chi connectivity index (χ1) is 6.74. The van der Waals surface area contributed by atoms with Crippen molar-refractivity contribution >= 4 is 5.97 Å². The summed E-state index contributed by atoms with van der Waals surface area (Å²) < 4.78 is 4.98. The zero-order valence-corrected chi connectivity index (χ0v) is 8.74. The topological polar surface area (TPSA) is 49.8 Å². The van der Waals surface area contributed by atoms with Crippen molar-refractivity contribution in [3.05, 3.63) is 0 Å². The lowest BCUT2D eigenvalue weighted by atomic mass is 10.2. The van der Waals surface area contributed by atoms with Gasteiger partial charge in [0.05, 0.1) is 13.2 Å². The highest BCUT2D eigenvalue weighted by atomic mass is 16.5. The Bertz CT molecular complexity index is 178. The van der Waals surface area contributed by atoms with Crippen molar-refractivity contribution in [2.75, 3.05) is 26.8 Å². The van der Waals surface area contributed by atoms with E-state index in [1.54, 1.807) is 7.11 Å². The molecule has 1 fully saturated rings.